The summed E-state index contributed by atoms with van der Waals surface area (Å²) in [5.41, 5.74) is 1.49. The summed E-state index contributed by atoms with van der Waals surface area (Å²) in [4.78, 5) is 23.2. The van der Waals surface area contributed by atoms with Crippen molar-refractivity contribution in [3.8, 4) is 0 Å². The molecule has 1 aromatic carbocycles. The fourth-order valence-corrected chi connectivity index (χ4v) is 1.42. The quantitative estimate of drug-likeness (QED) is 0.692. The third kappa shape index (κ3) is 3.85. The molecule has 98 valence electrons. The molecule has 0 saturated carbocycles. The molecule has 0 aliphatic heterocycles. The monoisotopic (exact) mass is 250 g/mol. The van der Waals surface area contributed by atoms with Crippen LogP contribution in [-0.2, 0) is 9.59 Å². The molecule has 0 spiro atoms. The first-order valence-corrected chi connectivity index (χ1v) is 5.86. The highest BCUT2D eigenvalue weighted by Gasteiger charge is 2.17. The Bertz CT molecular complexity index is 428. The number of aliphatic hydroxyl groups is 1. The molecule has 18 heavy (non-hydrogen) atoms. The second kappa shape index (κ2) is 6.76. The standard InChI is InChI=1S/C13H18N2O3/c1-3-10(8-16)14-12(17)13(18)15-11-7-5-4-6-9(11)2/h4-7,10,16H,3,8H2,1-2H3,(H,14,17)(H,15,18)/t10-/m1/s1. The number of nitrogens with one attached hydrogen (secondary N) is 2. The Kier molecular flexibility index (Phi) is 5.32. The molecule has 0 aromatic heterocycles. The van der Waals surface area contributed by atoms with Gasteiger partial charge in [-0.3, -0.25) is 9.59 Å². The first kappa shape index (κ1) is 14.2. The van der Waals surface area contributed by atoms with Crippen molar-refractivity contribution in [3.05, 3.63) is 29.8 Å². The number of carbonyl (C=O) groups is 2. The van der Waals surface area contributed by atoms with Crippen LogP contribution < -0.4 is 10.6 Å². The van der Waals surface area contributed by atoms with Crippen molar-refractivity contribution in [3.63, 3.8) is 0 Å². The molecule has 0 saturated heterocycles. The van der Waals surface area contributed by atoms with Gasteiger partial charge in [0.2, 0.25) is 0 Å². The lowest BCUT2D eigenvalue weighted by Gasteiger charge is -2.14. The summed E-state index contributed by atoms with van der Waals surface area (Å²) in [6.45, 7) is 3.48. The van der Waals surface area contributed by atoms with E-state index in [0.29, 0.717) is 12.1 Å². The van der Waals surface area contributed by atoms with Crippen molar-refractivity contribution >= 4 is 17.5 Å². The highest BCUT2D eigenvalue weighted by atomic mass is 16.3. The molecule has 1 atom stereocenters. The van der Waals surface area contributed by atoms with Crippen molar-refractivity contribution in [1.82, 2.24) is 5.32 Å². The van der Waals surface area contributed by atoms with Gasteiger partial charge in [-0.2, -0.15) is 0 Å². The Morgan fingerprint density at radius 1 is 1.28 bits per heavy atom. The first-order valence-electron chi connectivity index (χ1n) is 5.86. The maximum absolute atomic E-state index is 11.6. The summed E-state index contributed by atoms with van der Waals surface area (Å²) in [5, 5.41) is 13.9. The third-order valence-electron chi connectivity index (χ3n) is 2.65. The molecule has 5 nitrogen and oxygen atoms in total. The van der Waals surface area contributed by atoms with E-state index in [1.54, 1.807) is 12.1 Å². The molecule has 0 aliphatic carbocycles. The lowest BCUT2D eigenvalue weighted by molar-refractivity contribution is -0.136. The van der Waals surface area contributed by atoms with Gasteiger partial charge >= 0.3 is 11.8 Å². The van der Waals surface area contributed by atoms with Crippen LogP contribution >= 0.6 is 0 Å². The van der Waals surface area contributed by atoms with Gasteiger partial charge in [-0.25, -0.2) is 0 Å². The Balaban J connectivity index is 2.61. The topological polar surface area (TPSA) is 78.4 Å². The highest BCUT2D eigenvalue weighted by Crippen LogP contribution is 2.12. The van der Waals surface area contributed by atoms with Crippen LogP contribution in [0.1, 0.15) is 18.9 Å². The van der Waals surface area contributed by atoms with Gasteiger partial charge in [0.25, 0.3) is 0 Å². The van der Waals surface area contributed by atoms with E-state index in [4.69, 9.17) is 5.11 Å². The Labute approximate surface area is 106 Å². The maximum Gasteiger partial charge on any atom is 0.313 e. The minimum Gasteiger partial charge on any atom is -0.394 e. The van der Waals surface area contributed by atoms with Gasteiger partial charge in [0.15, 0.2) is 0 Å². The molecule has 1 rings (SSSR count). The molecular formula is C13H18N2O3. The molecule has 0 fully saturated rings. The fraction of sp³-hybridized carbons (Fsp3) is 0.385. The number of para-hydroxylation sites is 1. The number of amides is 2. The predicted molar refractivity (Wildman–Crippen MR) is 69.1 cm³/mol. The van der Waals surface area contributed by atoms with Crippen LogP contribution in [0.4, 0.5) is 5.69 Å². The van der Waals surface area contributed by atoms with Gasteiger partial charge in [-0.1, -0.05) is 25.1 Å². The molecule has 0 heterocycles. The van der Waals surface area contributed by atoms with E-state index in [2.05, 4.69) is 10.6 Å². The summed E-state index contributed by atoms with van der Waals surface area (Å²) in [7, 11) is 0. The maximum atomic E-state index is 11.6. The second-order valence-electron chi connectivity index (χ2n) is 4.03. The Hall–Kier alpha value is -1.88. The van der Waals surface area contributed by atoms with Crippen molar-refractivity contribution in [2.24, 2.45) is 0 Å². The van der Waals surface area contributed by atoms with E-state index >= 15 is 0 Å². The Morgan fingerprint density at radius 3 is 2.50 bits per heavy atom. The van der Waals surface area contributed by atoms with Gasteiger partial charge in [-0.15, -0.1) is 0 Å². The molecule has 0 unspecified atom stereocenters. The van der Waals surface area contributed by atoms with Crippen LogP contribution in [0.5, 0.6) is 0 Å². The lowest BCUT2D eigenvalue weighted by Crippen LogP contribution is -2.43. The summed E-state index contributed by atoms with van der Waals surface area (Å²) < 4.78 is 0. The zero-order valence-electron chi connectivity index (χ0n) is 10.6. The van der Waals surface area contributed by atoms with Crippen LogP contribution in [0.15, 0.2) is 24.3 Å². The second-order valence-corrected chi connectivity index (χ2v) is 4.03. The molecule has 0 aliphatic rings. The van der Waals surface area contributed by atoms with E-state index in [-0.39, 0.29) is 12.6 Å². The predicted octanol–water partition coefficient (Wildman–Crippen LogP) is 0.821. The molecule has 1 aromatic rings. The summed E-state index contributed by atoms with van der Waals surface area (Å²) in [5.74, 6) is -1.46. The summed E-state index contributed by atoms with van der Waals surface area (Å²) >= 11 is 0. The number of aryl methyl sites for hydroxylation is 1. The van der Waals surface area contributed by atoms with E-state index < -0.39 is 11.8 Å². The largest absolute Gasteiger partial charge is 0.394 e. The van der Waals surface area contributed by atoms with Crippen molar-refractivity contribution in [2.45, 2.75) is 26.3 Å². The van der Waals surface area contributed by atoms with Crippen molar-refractivity contribution in [2.75, 3.05) is 11.9 Å². The van der Waals surface area contributed by atoms with E-state index in [1.165, 1.54) is 0 Å². The summed E-state index contributed by atoms with van der Waals surface area (Å²) in [6.07, 6.45) is 0.569. The van der Waals surface area contributed by atoms with Crippen molar-refractivity contribution < 1.29 is 14.7 Å². The number of hydrogen-bond acceptors (Lipinski definition) is 3. The zero-order chi connectivity index (χ0) is 13.5. The zero-order valence-corrected chi connectivity index (χ0v) is 10.6. The number of hydrogen-bond donors (Lipinski definition) is 3. The average Bonchev–Trinajstić information content (AvgIpc) is 2.38. The SMILES string of the molecule is CC[C@H](CO)NC(=O)C(=O)Nc1ccccc1C. The van der Waals surface area contributed by atoms with E-state index in [0.717, 1.165) is 5.56 Å². The third-order valence-corrected chi connectivity index (χ3v) is 2.65. The van der Waals surface area contributed by atoms with Crippen molar-refractivity contribution in [1.29, 1.82) is 0 Å². The van der Waals surface area contributed by atoms with Crippen LogP contribution in [0, 0.1) is 6.92 Å². The smallest absolute Gasteiger partial charge is 0.313 e. The fourth-order valence-electron chi connectivity index (χ4n) is 1.42. The van der Waals surface area contributed by atoms with E-state index in [9.17, 15) is 9.59 Å². The van der Waals surface area contributed by atoms with Crippen LogP contribution in [-0.4, -0.2) is 29.6 Å². The Morgan fingerprint density at radius 2 is 1.94 bits per heavy atom. The van der Waals surface area contributed by atoms with Crippen LogP contribution in [0.25, 0.3) is 0 Å². The van der Waals surface area contributed by atoms with Crippen LogP contribution in [0.2, 0.25) is 0 Å². The number of rotatable bonds is 4. The number of benzene rings is 1. The lowest BCUT2D eigenvalue weighted by atomic mass is 10.2. The average molecular weight is 250 g/mol. The highest BCUT2D eigenvalue weighted by molar-refractivity contribution is 6.39. The first-order chi connectivity index (χ1) is 8.58. The van der Waals surface area contributed by atoms with Gasteiger partial charge in [-0.05, 0) is 25.0 Å². The number of anilines is 1. The molecule has 3 N–H and O–H groups in total. The summed E-state index contributed by atoms with van der Waals surface area (Å²) in [6, 6.07) is 6.81. The van der Waals surface area contributed by atoms with E-state index in [1.807, 2.05) is 26.0 Å². The number of carbonyl (C=O) groups excluding carboxylic acids is 2. The number of aliphatic hydroxyl groups excluding tert-OH is 1. The van der Waals surface area contributed by atoms with Gasteiger partial charge in [0.1, 0.15) is 0 Å². The molecule has 2 amide bonds. The normalized spacial score (nSPS) is 11.7. The van der Waals surface area contributed by atoms with Crippen LogP contribution in [0.3, 0.4) is 0 Å². The minimum atomic E-state index is -0.737. The van der Waals surface area contributed by atoms with Gasteiger partial charge in [0.05, 0.1) is 12.6 Å². The molecule has 5 heteroatoms. The molecule has 0 radical (unpaired) electrons. The molecular weight excluding hydrogens is 232 g/mol. The van der Waals surface area contributed by atoms with Gasteiger partial charge in [0, 0.05) is 5.69 Å². The van der Waals surface area contributed by atoms with Gasteiger partial charge < -0.3 is 15.7 Å². The molecule has 0 bridgehead atoms. The minimum absolute atomic E-state index is 0.181.